The number of anilines is 1. The van der Waals surface area contributed by atoms with Crippen LogP contribution in [0, 0.1) is 0 Å². The maximum atomic E-state index is 12.4. The minimum Gasteiger partial charge on any atom is -0.457 e. The van der Waals surface area contributed by atoms with Crippen molar-refractivity contribution in [2.75, 3.05) is 18.4 Å². The van der Waals surface area contributed by atoms with Crippen LogP contribution in [0.5, 0.6) is 11.5 Å². The molecule has 2 N–H and O–H groups in total. The molecule has 0 unspecified atom stereocenters. The molecule has 2 heterocycles. The van der Waals surface area contributed by atoms with Crippen LogP contribution in [0.3, 0.4) is 0 Å². The van der Waals surface area contributed by atoms with Crippen LogP contribution in [0.25, 0.3) is 6.08 Å². The maximum Gasteiger partial charge on any atom is 0.248 e. The largest absolute Gasteiger partial charge is 0.457 e. The first-order valence-corrected chi connectivity index (χ1v) is 11.0. The molecule has 6 nitrogen and oxygen atoms in total. The lowest BCUT2D eigenvalue weighted by atomic mass is 9.87. The molecule has 33 heavy (non-hydrogen) atoms. The van der Waals surface area contributed by atoms with E-state index in [0.717, 1.165) is 35.9 Å². The second-order valence-electron chi connectivity index (χ2n) is 8.86. The molecule has 4 rings (SSSR count). The Kier molecular flexibility index (Phi) is 6.54. The summed E-state index contributed by atoms with van der Waals surface area (Å²) in [6, 6.07) is 19.2. The monoisotopic (exact) mass is 440 g/mol. The molecule has 168 valence electrons. The Hall–Kier alpha value is -3.93. The van der Waals surface area contributed by atoms with E-state index in [0.29, 0.717) is 11.5 Å². The van der Waals surface area contributed by atoms with Crippen molar-refractivity contribution in [3.8, 4) is 11.5 Å². The molecule has 0 saturated carbocycles. The fourth-order valence-electron chi connectivity index (χ4n) is 3.41. The molecule has 0 spiro atoms. The molecule has 0 atom stereocenters. The normalized spacial score (nSPS) is 13.5. The summed E-state index contributed by atoms with van der Waals surface area (Å²) in [5, 5.41) is 6.14. The molecular formula is C27H28N4O2. The van der Waals surface area contributed by atoms with Gasteiger partial charge < -0.3 is 15.4 Å². The number of hydrogen-bond donors (Lipinski definition) is 2. The van der Waals surface area contributed by atoms with Crippen molar-refractivity contribution in [2.45, 2.75) is 26.2 Å². The summed E-state index contributed by atoms with van der Waals surface area (Å²) in [6.07, 6.45) is 5.00. The molecule has 0 fully saturated rings. The number of aromatic nitrogens is 1. The standard InChI is InChI=1S/C27H28N4O2/c1-27(2,3)20-7-5-8-21(17-20)31-25(32)11-10-19-6-4-9-22(16-19)33-23-12-13-28-24(18-23)26-29-14-15-30-26/h4-13,16-18H,14-15H2,1-3H3,(H,29,30)(H,31,32). The van der Waals surface area contributed by atoms with Crippen LogP contribution >= 0.6 is 0 Å². The van der Waals surface area contributed by atoms with Crippen LogP contribution < -0.4 is 15.4 Å². The van der Waals surface area contributed by atoms with Gasteiger partial charge in [0.1, 0.15) is 23.0 Å². The van der Waals surface area contributed by atoms with Gasteiger partial charge in [-0.15, -0.1) is 0 Å². The zero-order valence-corrected chi connectivity index (χ0v) is 19.1. The molecule has 0 radical (unpaired) electrons. The van der Waals surface area contributed by atoms with Gasteiger partial charge in [-0.2, -0.15) is 0 Å². The summed E-state index contributed by atoms with van der Waals surface area (Å²) in [6.45, 7) is 8.03. The highest BCUT2D eigenvalue weighted by Crippen LogP contribution is 2.25. The van der Waals surface area contributed by atoms with Crippen LogP contribution in [0.2, 0.25) is 0 Å². The van der Waals surface area contributed by atoms with Crippen LogP contribution in [-0.4, -0.2) is 29.8 Å². The molecule has 1 amide bonds. The quantitative estimate of drug-likeness (QED) is 0.518. The van der Waals surface area contributed by atoms with Crippen molar-refractivity contribution >= 4 is 23.5 Å². The summed E-state index contributed by atoms with van der Waals surface area (Å²) < 4.78 is 6.01. The van der Waals surface area contributed by atoms with Crippen LogP contribution in [0.15, 0.2) is 77.9 Å². The number of carbonyl (C=O) groups is 1. The van der Waals surface area contributed by atoms with Crippen molar-refractivity contribution < 1.29 is 9.53 Å². The molecule has 1 aromatic heterocycles. The summed E-state index contributed by atoms with van der Waals surface area (Å²) in [7, 11) is 0. The molecule has 1 aliphatic rings. The number of rotatable bonds is 6. The van der Waals surface area contributed by atoms with Gasteiger partial charge >= 0.3 is 0 Å². The zero-order chi connectivity index (χ0) is 23.3. The van der Waals surface area contributed by atoms with Gasteiger partial charge in [0.2, 0.25) is 5.91 Å². The van der Waals surface area contributed by atoms with Gasteiger partial charge in [-0.05, 0) is 52.9 Å². The minimum atomic E-state index is -0.184. The number of benzene rings is 2. The number of amidine groups is 1. The Morgan fingerprint density at radius 3 is 2.67 bits per heavy atom. The molecule has 1 aliphatic heterocycles. The lowest BCUT2D eigenvalue weighted by Gasteiger charge is -2.19. The van der Waals surface area contributed by atoms with E-state index in [1.54, 1.807) is 18.3 Å². The van der Waals surface area contributed by atoms with Crippen molar-refractivity contribution in [2.24, 2.45) is 4.99 Å². The fraction of sp³-hybridized carbons (Fsp3) is 0.222. The topological polar surface area (TPSA) is 75.6 Å². The van der Waals surface area contributed by atoms with Gasteiger partial charge in [0.05, 0.1) is 6.54 Å². The highest BCUT2D eigenvalue weighted by molar-refractivity contribution is 6.02. The number of aliphatic imine (C=N–C) groups is 1. The molecule has 6 heteroatoms. The number of ether oxygens (including phenoxy) is 1. The summed E-state index contributed by atoms with van der Waals surface area (Å²) in [5.74, 6) is 1.95. The number of amides is 1. The third-order valence-electron chi connectivity index (χ3n) is 5.17. The molecule has 2 aromatic carbocycles. The average Bonchev–Trinajstić information content (AvgIpc) is 3.33. The van der Waals surface area contributed by atoms with Crippen molar-refractivity contribution in [1.82, 2.24) is 10.3 Å². The van der Waals surface area contributed by atoms with E-state index in [4.69, 9.17) is 4.74 Å². The van der Waals surface area contributed by atoms with E-state index in [1.165, 1.54) is 11.6 Å². The van der Waals surface area contributed by atoms with Gasteiger partial charge in [-0.25, -0.2) is 0 Å². The number of nitrogens with one attached hydrogen (secondary N) is 2. The second kappa shape index (κ2) is 9.69. The third kappa shape index (κ3) is 6.07. The second-order valence-corrected chi connectivity index (χ2v) is 8.86. The number of carbonyl (C=O) groups excluding carboxylic acids is 1. The Labute approximate surface area is 194 Å². The SMILES string of the molecule is CC(C)(C)c1cccc(NC(=O)C=Cc2cccc(Oc3ccnc(C4=NCCN4)c3)c2)c1. The maximum absolute atomic E-state index is 12.4. The first kappa shape index (κ1) is 22.3. The van der Waals surface area contributed by atoms with E-state index < -0.39 is 0 Å². The average molecular weight is 441 g/mol. The van der Waals surface area contributed by atoms with Gasteiger partial charge in [-0.1, -0.05) is 45.0 Å². The molecule has 3 aromatic rings. The van der Waals surface area contributed by atoms with Gasteiger partial charge in [0.25, 0.3) is 0 Å². The Morgan fingerprint density at radius 2 is 1.88 bits per heavy atom. The molecule has 0 saturated heterocycles. The summed E-state index contributed by atoms with van der Waals surface area (Å²) in [4.78, 5) is 21.2. The molecule has 0 bridgehead atoms. The third-order valence-corrected chi connectivity index (χ3v) is 5.17. The Morgan fingerprint density at radius 1 is 1.06 bits per heavy atom. The summed E-state index contributed by atoms with van der Waals surface area (Å²) >= 11 is 0. The first-order valence-electron chi connectivity index (χ1n) is 11.0. The van der Waals surface area contributed by atoms with Crippen molar-refractivity contribution in [1.29, 1.82) is 0 Å². The number of hydrogen-bond acceptors (Lipinski definition) is 5. The number of pyridine rings is 1. The van der Waals surface area contributed by atoms with E-state index in [-0.39, 0.29) is 11.3 Å². The van der Waals surface area contributed by atoms with E-state index in [1.807, 2.05) is 48.5 Å². The number of nitrogens with zero attached hydrogens (tertiary/aromatic N) is 2. The van der Waals surface area contributed by atoms with E-state index in [2.05, 4.69) is 47.4 Å². The van der Waals surface area contributed by atoms with Gasteiger partial charge in [-0.3, -0.25) is 14.8 Å². The molecular weight excluding hydrogens is 412 g/mol. The lowest BCUT2D eigenvalue weighted by Crippen LogP contribution is -2.20. The zero-order valence-electron chi connectivity index (χ0n) is 19.1. The Bertz CT molecular complexity index is 1210. The summed E-state index contributed by atoms with van der Waals surface area (Å²) in [5.41, 5.74) is 3.59. The smallest absolute Gasteiger partial charge is 0.248 e. The van der Waals surface area contributed by atoms with Crippen LogP contribution in [-0.2, 0) is 10.2 Å². The molecule has 0 aliphatic carbocycles. The van der Waals surface area contributed by atoms with Crippen molar-refractivity contribution in [3.05, 3.63) is 89.8 Å². The lowest BCUT2D eigenvalue weighted by molar-refractivity contribution is -0.111. The minimum absolute atomic E-state index is 0.0215. The predicted octanol–water partition coefficient (Wildman–Crippen LogP) is 5.17. The van der Waals surface area contributed by atoms with Gasteiger partial charge in [0, 0.05) is 30.6 Å². The van der Waals surface area contributed by atoms with E-state index >= 15 is 0 Å². The van der Waals surface area contributed by atoms with Crippen LogP contribution in [0.4, 0.5) is 5.69 Å². The highest BCUT2D eigenvalue weighted by atomic mass is 16.5. The van der Waals surface area contributed by atoms with Gasteiger partial charge in [0.15, 0.2) is 0 Å². The predicted molar refractivity (Wildman–Crippen MR) is 133 cm³/mol. The fourth-order valence-corrected chi connectivity index (χ4v) is 3.41. The highest BCUT2D eigenvalue weighted by Gasteiger charge is 2.14. The Balaban J connectivity index is 1.41. The van der Waals surface area contributed by atoms with Crippen molar-refractivity contribution in [3.63, 3.8) is 0 Å². The van der Waals surface area contributed by atoms with Crippen LogP contribution in [0.1, 0.15) is 37.6 Å². The first-order chi connectivity index (χ1) is 15.9. The van der Waals surface area contributed by atoms with E-state index in [9.17, 15) is 4.79 Å².